The number of hydrogen-bond acceptors (Lipinski definition) is 6. The van der Waals surface area contributed by atoms with Gasteiger partial charge in [0.05, 0.1) is 18.6 Å². The Bertz CT molecular complexity index is 471. The molecule has 1 aromatic carbocycles. The van der Waals surface area contributed by atoms with Crippen molar-refractivity contribution in [2.45, 2.75) is 12.0 Å². The molecule has 1 heterocycles. The molecule has 1 aliphatic heterocycles. The van der Waals surface area contributed by atoms with Crippen molar-refractivity contribution in [3.63, 3.8) is 0 Å². The molecule has 19 heavy (non-hydrogen) atoms. The maximum absolute atomic E-state index is 10.8. The van der Waals surface area contributed by atoms with Crippen molar-refractivity contribution >= 4 is 11.4 Å². The third-order valence-electron chi connectivity index (χ3n) is 3.08. The maximum atomic E-state index is 10.8. The topological polar surface area (TPSA) is 93.9 Å². The molecule has 104 valence electrons. The van der Waals surface area contributed by atoms with Gasteiger partial charge in [0.1, 0.15) is 5.60 Å². The highest BCUT2D eigenvalue weighted by Crippen LogP contribution is 2.30. The number of benzene rings is 1. The van der Waals surface area contributed by atoms with Gasteiger partial charge in [-0.15, -0.1) is 0 Å². The number of nitro benzene ring substituents is 1. The Morgan fingerprint density at radius 3 is 3.00 bits per heavy atom. The van der Waals surface area contributed by atoms with Gasteiger partial charge >= 0.3 is 5.69 Å². The molecule has 1 saturated heterocycles. The first kappa shape index (κ1) is 13.6. The highest BCUT2D eigenvalue weighted by atomic mass is 16.6. The number of nitrogens with zero attached hydrogens (tertiary/aromatic N) is 1. The molecule has 1 aromatic rings. The lowest BCUT2D eigenvalue weighted by Gasteiger charge is -2.21. The fraction of sp³-hybridized carbons (Fsp3) is 0.500. The van der Waals surface area contributed by atoms with E-state index >= 15 is 0 Å². The van der Waals surface area contributed by atoms with Crippen LogP contribution >= 0.6 is 0 Å². The number of nitrogens with one attached hydrogen (secondary N) is 1. The van der Waals surface area contributed by atoms with Crippen molar-refractivity contribution in [2.75, 3.05) is 32.2 Å². The van der Waals surface area contributed by atoms with Crippen molar-refractivity contribution in [1.29, 1.82) is 0 Å². The number of methoxy groups -OCH3 is 1. The minimum atomic E-state index is -0.880. The maximum Gasteiger partial charge on any atom is 0.311 e. The molecule has 0 radical (unpaired) electrons. The van der Waals surface area contributed by atoms with E-state index in [4.69, 9.17) is 9.47 Å². The van der Waals surface area contributed by atoms with Crippen LogP contribution in [0, 0.1) is 10.1 Å². The van der Waals surface area contributed by atoms with Gasteiger partial charge in [-0.25, -0.2) is 0 Å². The average Bonchev–Trinajstić information content (AvgIpc) is 2.83. The first-order valence-electron chi connectivity index (χ1n) is 5.90. The lowest BCUT2D eigenvalue weighted by Crippen LogP contribution is -2.37. The largest absolute Gasteiger partial charge is 0.490 e. The second-order valence-corrected chi connectivity index (χ2v) is 4.52. The van der Waals surface area contributed by atoms with E-state index in [1.54, 1.807) is 6.07 Å². The first-order valence-corrected chi connectivity index (χ1v) is 5.90. The Morgan fingerprint density at radius 1 is 1.63 bits per heavy atom. The molecule has 7 nitrogen and oxygen atoms in total. The minimum Gasteiger partial charge on any atom is -0.490 e. The smallest absolute Gasteiger partial charge is 0.311 e. The monoisotopic (exact) mass is 268 g/mol. The molecule has 1 atom stereocenters. The Hall–Kier alpha value is -1.86. The van der Waals surface area contributed by atoms with Gasteiger partial charge in [0.25, 0.3) is 0 Å². The van der Waals surface area contributed by atoms with Crippen LogP contribution in [-0.2, 0) is 4.74 Å². The van der Waals surface area contributed by atoms with E-state index in [-0.39, 0.29) is 11.4 Å². The van der Waals surface area contributed by atoms with Gasteiger partial charge in [-0.2, -0.15) is 0 Å². The van der Waals surface area contributed by atoms with E-state index in [9.17, 15) is 15.2 Å². The Labute approximate surface area is 110 Å². The van der Waals surface area contributed by atoms with Crippen LogP contribution in [0.15, 0.2) is 18.2 Å². The number of hydrogen-bond donors (Lipinski definition) is 2. The van der Waals surface area contributed by atoms with Crippen LogP contribution in [0.5, 0.6) is 5.75 Å². The summed E-state index contributed by atoms with van der Waals surface area (Å²) in [5.74, 6) is 0.185. The Kier molecular flexibility index (Phi) is 3.87. The van der Waals surface area contributed by atoms with Crippen molar-refractivity contribution < 1.29 is 19.5 Å². The molecule has 2 rings (SSSR count). The zero-order valence-corrected chi connectivity index (χ0v) is 10.6. The number of anilines is 1. The normalized spacial score (nSPS) is 22.2. The lowest BCUT2D eigenvalue weighted by atomic mass is 10.0. The second kappa shape index (κ2) is 5.41. The summed E-state index contributed by atoms with van der Waals surface area (Å²) < 4.78 is 10.1. The van der Waals surface area contributed by atoms with E-state index in [0.717, 1.165) is 0 Å². The van der Waals surface area contributed by atoms with Gasteiger partial charge in [-0.3, -0.25) is 10.1 Å². The van der Waals surface area contributed by atoms with Gasteiger partial charge in [0.15, 0.2) is 5.75 Å². The van der Waals surface area contributed by atoms with Gasteiger partial charge < -0.3 is 19.9 Å². The summed E-state index contributed by atoms with van der Waals surface area (Å²) in [6, 6.07) is 4.49. The van der Waals surface area contributed by atoms with E-state index in [0.29, 0.717) is 31.9 Å². The quantitative estimate of drug-likeness (QED) is 0.615. The van der Waals surface area contributed by atoms with Crippen LogP contribution in [0.1, 0.15) is 6.42 Å². The Morgan fingerprint density at radius 2 is 2.42 bits per heavy atom. The van der Waals surface area contributed by atoms with Crippen molar-refractivity contribution in [2.24, 2.45) is 0 Å². The molecule has 0 aliphatic carbocycles. The molecule has 1 fully saturated rings. The number of ether oxygens (including phenoxy) is 2. The molecule has 7 heteroatoms. The highest BCUT2D eigenvalue weighted by Gasteiger charge is 2.32. The number of nitro groups is 1. The lowest BCUT2D eigenvalue weighted by molar-refractivity contribution is -0.385. The summed E-state index contributed by atoms with van der Waals surface area (Å²) >= 11 is 0. The molecule has 0 aromatic heterocycles. The third-order valence-corrected chi connectivity index (χ3v) is 3.08. The summed E-state index contributed by atoms with van der Waals surface area (Å²) in [6.45, 7) is 1.17. The summed E-state index contributed by atoms with van der Waals surface area (Å²) in [4.78, 5) is 10.3. The standard InChI is InChI=1S/C12H16N2O5/c1-18-11-6-9(2-3-10(11)14(16)17)13-7-12(15)4-5-19-8-12/h2-3,6,13,15H,4-5,7-8H2,1H3. The predicted molar refractivity (Wildman–Crippen MR) is 68.5 cm³/mol. The van der Waals surface area contributed by atoms with E-state index < -0.39 is 10.5 Å². The summed E-state index contributed by atoms with van der Waals surface area (Å²) in [7, 11) is 1.38. The SMILES string of the molecule is COc1cc(NCC2(O)CCOC2)ccc1[N+](=O)[O-]. The van der Waals surface area contributed by atoms with Crippen molar-refractivity contribution in [1.82, 2.24) is 0 Å². The van der Waals surface area contributed by atoms with Crippen LogP contribution in [0.2, 0.25) is 0 Å². The molecular formula is C12H16N2O5. The van der Waals surface area contributed by atoms with Gasteiger partial charge in [0, 0.05) is 37.4 Å². The third kappa shape index (κ3) is 3.12. The highest BCUT2D eigenvalue weighted by molar-refractivity contribution is 5.58. The summed E-state index contributed by atoms with van der Waals surface area (Å²) in [5, 5.41) is 23.9. The fourth-order valence-corrected chi connectivity index (χ4v) is 1.94. The zero-order chi connectivity index (χ0) is 13.9. The van der Waals surface area contributed by atoms with Crippen molar-refractivity contribution in [3.05, 3.63) is 28.3 Å². The van der Waals surface area contributed by atoms with Gasteiger partial charge in [-0.1, -0.05) is 0 Å². The molecule has 0 amide bonds. The molecule has 0 bridgehead atoms. The second-order valence-electron chi connectivity index (χ2n) is 4.52. The van der Waals surface area contributed by atoms with Crippen LogP contribution in [-0.4, -0.2) is 42.5 Å². The van der Waals surface area contributed by atoms with Crippen LogP contribution in [0.4, 0.5) is 11.4 Å². The predicted octanol–water partition coefficient (Wildman–Crippen LogP) is 1.17. The van der Waals surface area contributed by atoms with Gasteiger partial charge in [-0.05, 0) is 6.07 Å². The van der Waals surface area contributed by atoms with Crippen molar-refractivity contribution in [3.8, 4) is 5.75 Å². The fourth-order valence-electron chi connectivity index (χ4n) is 1.94. The minimum absolute atomic E-state index is 0.0871. The van der Waals surface area contributed by atoms with E-state index in [2.05, 4.69) is 5.32 Å². The number of aliphatic hydroxyl groups is 1. The molecule has 1 aliphatic rings. The van der Waals surface area contributed by atoms with Gasteiger partial charge in [0.2, 0.25) is 0 Å². The van der Waals surface area contributed by atoms with E-state index in [1.165, 1.54) is 19.2 Å². The molecule has 2 N–H and O–H groups in total. The average molecular weight is 268 g/mol. The molecule has 1 unspecified atom stereocenters. The zero-order valence-electron chi connectivity index (χ0n) is 10.6. The molecule has 0 saturated carbocycles. The molecular weight excluding hydrogens is 252 g/mol. The Balaban J connectivity index is 2.07. The molecule has 0 spiro atoms. The van der Waals surface area contributed by atoms with E-state index in [1.807, 2.05) is 0 Å². The van der Waals surface area contributed by atoms with Crippen LogP contribution in [0.3, 0.4) is 0 Å². The first-order chi connectivity index (χ1) is 9.04. The number of rotatable bonds is 5. The van der Waals surface area contributed by atoms with Crippen LogP contribution in [0.25, 0.3) is 0 Å². The van der Waals surface area contributed by atoms with Crippen LogP contribution < -0.4 is 10.1 Å². The summed E-state index contributed by atoms with van der Waals surface area (Å²) in [6.07, 6.45) is 0.574. The summed E-state index contributed by atoms with van der Waals surface area (Å²) in [5.41, 5.74) is -0.312.